The van der Waals surface area contributed by atoms with Gasteiger partial charge >= 0.3 is 0 Å². The SMILES string of the molecule is CCS(=O)(=O)N1CCC(n2c(C(C)O)nc3cnc4c(ccn4S(=O)(=O)c4ccccc4)c32)C1. The number of benzene rings is 1. The maximum Gasteiger partial charge on any atom is 0.269 e. The predicted octanol–water partition coefficient (Wildman–Crippen LogP) is 2.27. The van der Waals surface area contributed by atoms with Crippen molar-refractivity contribution in [2.45, 2.75) is 37.3 Å². The second-order valence-corrected chi connectivity index (χ2v) is 12.4. The zero-order valence-electron chi connectivity index (χ0n) is 18.7. The van der Waals surface area contributed by atoms with Crippen molar-refractivity contribution in [2.24, 2.45) is 0 Å². The number of imidazole rings is 1. The van der Waals surface area contributed by atoms with Crippen molar-refractivity contribution >= 4 is 42.1 Å². The molecule has 0 spiro atoms. The fourth-order valence-corrected chi connectivity index (χ4v) is 7.06. The first kappa shape index (κ1) is 23.0. The van der Waals surface area contributed by atoms with Gasteiger partial charge in [-0.05, 0) is 38.5 Å². The third-order valence-corrected chi connectivity index (χ3v) is 9.81. The molecule has 2 unspecified atom stereocenters. The largest absolute Gasteiger partial charge is 0.385 e. The minimum Gasteiger partial charge on any atom is -0.385 e. The van der Waals surface area contributed by atoms with Crippen LogP contribution in [0.3, 0.4) is 0 Å². The Kier molecular flexibility index (Phi) is 5.51. The summed E-state index contributed by atoms with van der Waals surface area (Å²) in [6, 6.07) is 9.53. The van der Waals surface area contributed by atoms with E-state index in [-0.39, 0.29) is 28.9 Å². The topological polar surface area (TPSA) is 127 Å². The fourth-order valence-electron chi connectivity index (χ4n) is 4.59. The molecule has 0 radical (unpaired) electrons. The number of hydrogen-bond acceptors (Lipinski definition) is 7. The molecular formula is C22H25N5O5S2. The normalized spacial score (nSPS) is 18.7. The summed E-state index contributed by atoms with van der Waals surface area (Å²) in [5, 5.41) is 11.0. The summed E-state index contributed by atoms with van der Waals surface area (Å²) in [5.74, 6) is 0.408. The summed E-state index contributed by atoms with van der Waals surface area (Å²) >= 11 is 0. The third-order valence-electron chi connectivity index (χ3n) is 6.28. The van der Waals surface area contributed by atoms with Crippen LogP contribution in [0.25, 0.3) is 22.1 Å². The fraction of sp³-hybridized carbons (Fsp3) is 0.364. The van der Waals surface area contributed by atoms with Crippen molar-refractivity contribution < 1.29 is 21.9 Å². The summed E-state index contributed by atoms with van der Waals surface area (Å²) in [5.41, 5.74) is 1.38. The van der Waals surface area contributed by atoms with E-state index in [0.717, 1.165) is 3.97 Å². The highest BCUT2D eigenvalue weighted by molar-refractivity contribution is 7.90. The highest BCUT2D eigenvalue weighted by atomic mass is 32.2. The molecule has 0 aliphatic carbocycles. The van der Waals surface area contributed by atoms with E-state index in [1.54, 1.807) is 38.1 Å². The van der Waals surface area contributed by atoms with Crippen LogP contribution < -0.4 is 0 Å². The Morgan fingerprint density at radius 2 is 1.88 bits per heavy atom. The summed E-state index contributed by atoms with van der Waals surface area (Å²) in [6.45, 7) is 3.84. The summed E-state index contributed by atoms with van der Waals surface area (Å²) < 4.78 is 55.9. The number of sulfonamides is 1. The van der Waals surface area contributed by atoms with Gasteiger partial charge < -0.3 is 9.67 Å². The lowest BCUT2D eigenvalue weighted by molar-refractivity contribution is 0.182. The summed E-state index contributed by atoms with van der Waals surface area (Å²) in [7, 11) is -7.23. The first-order valence-corrected chi connectivity index (χ1v) is 14.0. The number of rotatable bonds is 6. The van der Waals surface area contributed by atoms with Crippen LogP contribution in [0.2, 0.25) is 0 Å². The third kappa shape index (κ3) is 3.52. The molecule has 1 aliphatic heterocycles. The van der Waals surface area contributed by atoms with E-state index in [2.05, 4.69) is 9.97 Å². The van der Waals surface area contributed by atoms with E-state index in [1.807, 2.05) is 4.57 Å². The van der Waals surface area contributed by atoms with Gasteiger partial charge in [-0.1, -0.05) is 18.2 Å². The van der Waals surface area contributed by atoms with Crippen LogP contribution >= 0.6 is 0 Å². The molecule has 1 fully saturated rings. The van der Waals surface area contributed by atoms with Crippen LogP contribution in [0.5, 0.6) is 0 Å². The lowest BCUT2D eigenvalue weighted by Gasteiger charge is -2.19. The van der Waals surface area contributed by atoms with Crippen LogP contribution in [0.1, 0.15) is 38.2 Å². The van der Waals surface area contributed by atoms with Gasteiger partial charge in [0.25, 0.3) is 10.0 Å². The van der Waals surface area contributed by atoms with Crippen molar-refractivity contribution in [3.63, 3.8) is 0 Å². The molecule has 5 rings (SSSR count). The molecule has 0 bridgehead atoms. The summed E-state index contributed by atoms with van der Waals surface area (Å²) in [6.07, 6.45) is 2.60. The highest BCUT2D eigenvalue weighted by Crippen LogP contribution is 2.35. The van der Waals surface area contributed by atoms with E-state index < -0.39 is 26.2 Å². The summed E-state index contributed by atoms with van der Waals surface area (Å²) in [4.78, 5) is 9.10. The molecule has 2 atom stereocenters. The second kappa shape index (κ2) is 8.15. The number of nitrogens with zero attached hydrogens (tertiary/aromatic N) is 5. The van der Waals surface area contributed by atoms with Gasteiger partial charge in [-0.15, -0.1) is 0 Å². The van der Waals surface area contributed by atoms with Gasteiger partial charge in [0.05, 0.1) is 28.4 Å². The Hall–Kier alpha value is -2.80. The molecule has 12 heteroatoms. The van der Waals surface area contributed by atoms with Gasteiger partial charge in [-0.25, -0.2) is 30.8 Å². The number of aliphatic hydroxyl groups excluding tert-OH is 1. The van der Waals surface area contributed by atoms with Crippen molar-refractivity contribution in [3.05, 3.63) is 54.6 Å². The minimum atomic E-state index is -3.88. The number of fused-ring (bicyclic) bond motifs is 3. The number of aromatic nitrogens is 4. The Morgan fingerprint density at radius 1 is 1.15 bits per heavy atom. The quantitative estimate of drug-likeness (QED) is 0.428. The monoisotopic (exact) mass is 503 g/mol. The Morgan fingerprint density at radius 3 is 2.56 bits per heavy atom. The molecule has 1 aliphatic rings. The van der Waals surface area contributed by atoms with E-state index >= 15 is 0 Å². The van der Waals surface area contributed by atoms with Gasteiger partial charge in [-0.2, -0.15) is 4.31 Å². The molecule has 10 nitrogen and oxygen atoms in total. The Balaban J connectivity index is 1.70. The van der Waals surface area contributed by atoms with E-state index in [4.69, 9.17) is 0 Å². The molecule has 1 saturated heterocycles. The van der Waals surface area contributed by atoms with Crippen LogP contribution in [0.4, 0.5) is 0 Å². The molecule has 3 aromatic heterocycles. The molecule has 4 aromatic rings. The average molecular weight is 504 g/mol. The van der Waals surface area contributed by atoms with Gasteiger partial charge in [0, 0.05) is 24.7 Å². The van der Waals surface area contributed by atoms with Gasteiger partial charge in [-0.3, -0.25) is 0 Å². The van der Waals surface area contributed by atoms with E-state index in [0.29, 0.717) is 35.2 Å². The first-order valence-electron chi connectivity index (χ1n) is 11.0. The lowest BCUT2D eigenvalue weighted by atomic mass is 10.2. The highest BCUT2D eigenvalue weighted by Gasteiger charge is 2.34. The lowest BCUT2D eigenvalue weighted by Crippen LogP contribution is -2.30. The Bertz CT molecular complexity index is 1590. The minimum absolute atomic E-state index is 0.0159. The Labute approximate surface area is 197 Å². The molecule has 1 N–H and O–H groups in total. The zero-order valence-corrected chi connectivity index (χ0v) is 20.4. The van der Waals surface area contributed by atoms with Gasteiger partial charge in [0.2, 0.25) is 10.0 Å². The average Bonchev–Trinajstić information content (AvgIpc) is 3.55. The van der Waals surface area contributed by atoms with Crippen molar-refractivity contribution in [1.82, 2.24) is 22.8 Å². The van der Waals surface area contributed by atoms with Gasteiger partial charge in [0.1, 0.15) is 17.4 Å². The van der Waals surface area contributed by atoms with E-state index in [1.165, 1.54) is 28.8 Å². The van der Waals surface area contributed by atoms with Crippen LogP contribution in [0.15, 0.2) is 53.7 Å². The predicted molar refractivity (Wildman–Crippen MR) is 127 cm³/mol. The first-order chi connectivity index (χ1) is 16.1. The van der Waals surface area contributed by atoms with Crippen molar-refractivity contribution in [3.8, 4) is 0 Å². The van der Waals surface area contributed by atoms with Gasteiger partial charge in [0.15, 0.2) is 5.65 Å². The standard InChI is InChI=1S/C22H25N5O5S2/c1-3-33(29,30)25-11-9-16(14-25)27-20-18-10-12-26(34(31,32)17-7-5-4-6-8-17)22(18)23-13-19(20)24-21(27)15(2)28/h4-8,10,12-13,15-16,28H,3,9,11,14H2,1-2H3. The maximum absolute atomic E-state index is 13.3. The maximum atomic E-state index is 13.3. The molecule has 0 amide bonds. The molecular weight excluding hydrogens is 478 g/mol. The zero-order chi connectivity index (χ0) is 24.3. The van der Waals surface area contributed by atoms with Crippen molar-refractivity contribution in [2.75, 3.05) is 18.8 Å². The molecule has 34 heavy (non-hydrogen) atoms. The molecule has 4 heterocycles. The van der Waals surface area contributed by atoms with Crippen LogP contribution in [-0.4, -0.2) is 63.6 Å². The molecule has 1 aromatic carbocycles. The van der Waals surface area contributed by atoms with Crippen LogP contribution in [0, 0.1) is 0 Å². The number of pyridine rings is 1. The molecule has 180 valence electrons. The second-order valence-electron chi connectivity index (χ2n) is 8.38. The van der Waals surface area contributed by atoms with Crippen LogP contribution in [-0.2, 0) is 20.0 Å². The number of aliphatic hydroxyl groups is 1. The van der Waals surface area contributed by atoms with E-state index in [9.17, 15) is 21.9 Å². The smallest absolute Gasteiger partial charge is 0.269 e. The number of hydrogen-bond donors (Lipinski definition) is 1. The van der Waals surface area contributed by atoms with Crippen molar-refractivity contribution in [1.29, 1.82) is 0 Å². The molecule has 0 saturated carbocycles.